The van der Waals surface area contributed by atoms with Gasteiger partial charge < -0.3 is 29.8 Å². The van der Waals surface area contributed by atoms with Gasteiger partial charge in [0.05, 0.1) is 11.2 Å². The molecule has 354 valence electrons. The molecule has 6 rings (SSSR count). The number of anilines is 1. The molecule has 0 unspecified atom stereocenters. The highest BCUT2D eigenvalue weighted by Crippen LogP contribution is 2.70. The molecule has 0 aromatic heterocycles. The van der Waals surface area contributed by atoms with Crippen LogP contribution in [0.5, 0.6) is 0 Å². The van der Waals surface area contributed by atoms with Crippen molar-refractivity contribution in [2.24, 2.45) is 0 Å². The van der Waals surface area contributed by atoms with Crippen molar-refractivity contribution >= 4 is 69.8 Å². The Bertz CT molecular complexity index is 2810. The lowest BCUT2D eigenvalue weighted by Crippen LogP contribution is -2.29. The summed E-state index contributed by atoms with van der Waals surface area (Å²) in [5, 5.41) is 7.33. The maximum atomic E-state index is 12.6. The number of amides is 1. The topological polar surface area (TPSA) is 205 Å². The molecular weight excluding hydrogens is 897 g/mol. The van der Waals surface area contributed by atoms with Gasteiger partial charge in [-0.25, -0.2) is 0 Å². The van der Waals surface area contributed by atoms with Crippen LogP contribution in [0.15, 0.2) is 121 Å². The van der Waals surface area contributed by atoms with Crippen molar-refractivity contribution in [3.63, 3.8) is 0 Å². The second-order valence-corrected chi connectivity index (χ2v) is 24.7. The maximum Gasteiger partial charge on any atom is 0.343 e. The molecule has 0 bridgehead atoms. The third kappa shape index (κ3) is 11.4. The lowest BCUT2D eigenvalue weighted by Gasteiger charge is -2.30. The monoisotopic (exact) mass is 960 g/mol. The summed E-state index contributed by atoms with van der Waals surface area (Å²) in [4.78, 5) is 50.7. The Morgan fingerprint density at radius 3 is 1.94 bits per heavy atom. The highest BCUT2D eigenvalue weighted by molar-refractivity contribution is 7.85. The third-order valence-corrected chi connectivity index (χ3v) is 18.5. The van der Waals surface area contributed by atoms with E-state index in [0.29, 0.717) is 25.8 Å². The Hall–Kier alpha value is -4.49. The Balaban J connectivity index is 1.13. The van der Waals surface area contributed by atoms with Gasteiger partial charge in [-0.05, 0) is 111 Å². The predicted octanol–water partition coefficient (Wildman–Crippen LogP) is 9.92. The molecule has 66 heavy (non-hydrogen) atoms. The zero-order valence-corrected chi connectivity index (χ0v) is 41.0. The number of carbonyl (C=O) groups is 1. The van der Waals surface area contributed by atoms with Gasteiger partial charge in [0.15, 0.2) is 10.6 Å². The van der Waals surface area contributed by atoms with Gasteiger partial charge in [0, 0.05) is 60.4 Å². The van der Waals surface area contributed by atoms with Gasteiger partial charge in [0.1, 0.15) is 6.54 Å². The van der Waals surface area contributed by atoms with Crippen LogP contribution in [-0.4, -0.2) is 79.0 Å². The van der Waals surface area contributed by atoms with Crippen LogP contribution in [0.1, 0.15) is 97.1 Å². The molecule has 2 heterocycles. The zero-order valence-electron chi connectivity index (χ0n) is 38.4. The number of rotatable bonds is 21. The van der Waals surface area contributed by atoms with Crippen LogP contribution in [0.3, 0.4) is 0 Å². The summed E-state index contributed by atoms with van der Waals surface area (Å²) in [5.41, 5.74) is 6.35. The Morgan fingerprint density at radius 1 is 0.742 bits per heavy atom. The van der Waals surface area contributed by atoms with E-state index in [1.165, 1.54) is 16.5 Å². The fraction of sp³-hybridized carbons (Fsp3) is 0.400. The zero-order chi connectivity index (χ0) is 48.1. The highest BCUT2D eigenvalue weighted by atomic mass is 32.2. The first-order valence-corrected chi connectivity index (χ1v) is 27.3. The average molecular weight is 961 g/mol. The summed E-state index contributed by atoms with van der Waals surface area (Å²) >= 11 is 0. The third-order valence-electron chi connectivity index (χ3n) is 13.2. The fourth-order valence-electron chi connectivity index (χ4n) is 9.17. The molecule has 1 amide bonds. The number of carbonyl (C=O) groups excluding carboxylic acids is 1. The van der Waals surface area contributed by atoms with Crippen molar-refractivity contribution in [2.75, 3.05) is 30.3 Å². The normalized spacial score (nSPS) is 17.1. The van der Waals surface area contributed by atoms with E-state index in [9.17, 15) is 46.5 Å². The van der Waals surface area contributed by atoms with Gasteiger partial charge in [-0.3, -0.25) is 18.5 Å². The Kier molecular flexibility index (Phi) is 15.7. The SMILES string of the molecule is CC1(C)C(/C=C/C=C/C=C/C=C2\N(CCCCS(=O)(=O)O)c3cc4ccccc4cc3C2(C)C)=[N+](CCCCCC(=O)NCCCC(C)(P(=O)(O)O)P(=O)(O)O)c2cc3ccccc3cc21. The van der Waals surface area contributed by atoms with E-state index in [-0.39, 0.29) is 41.9 Å². The summed E-state index contributed by atoms with van der Waals surface area (Å²) in [6.45, 7) is 11.2. The number of allylic oxidation sites excluding steroid dienone is 8. The first-order valence-electron chi connectivity index (χ1n) is 22.5. The van der Waals surface area contributed by atoms with E-state index in [1.54, 1.807) is 0 Å². The van der Waals surface area contributed by atoms with E-state index in [4.69, 9.17) is 0 Å². The minimum absolute atomic E-state index is 0.00293. The van der Waals surface area contributed by atoms with Crippen LogP contribution >= 0.6 is 15.2 Å². The van der Waals surface area contributed by atoms with Crippen molar-refractivity contribution in [2.45, 2.75) is 102 Å². The largest absolute Gasteiger partial charge is 0.356 e. The fourth-order valence-corrected chi connectivity index (χ4v) is 12.0. The maximum absolute atomic E-state index is 12.6. The molecular formula is C50H64N3O10P2S+. The lowest BCUT2D eigenvalue weighted by atomic mass is 9.80. The summed E-state index contributed by atoms with van der Waals surface area (Å²) in [7, 11) is -14.2. The first-order chi connectivity index (χ1) is 31.0. The number of hydrogen-bond donors (Lipinski definition) is 6. The molecule has 0 radical (unpaired) electrons. The van der Waals surface area contributed by atoms with Crippen molar-refractivity contribution in [3.8, 4) is 0 Å². The molecule has 4 aromatic rings. The number of hydrogen-bond acceptors (Lipinski definition) is 6. The standard InChI is InChI=1S/C50H63N3O10P2S/c1-48(2)41-33-37-21-13-15-23-39(37)35-43(41)52(30-17-9-12-27-47(54)51-29-20-28-50(5,64(55,56)57)65(58,59)60)45(48)25-10-7-6-8-11-26-46-49(3,4)42-34-38-22-14-16-24-40(38)36-44(42)53(46)31-18-19-32-66(61,62)63/h6-8,10-11,13-16,21-26,33-36H,9,12,17-20,27-32H2,1-5H3,(H5-,51,54,55,56,57,58,59,60,61,62,63)/p+1. The van der Waals surface area contributed by atoms with Gasteiger partial charge in [-0.1, -0.05) is 92.8 Å². The van der Waals surface area contributed by atoms with E-state index < -0.39 is 36.6 Å². The van der Waals surface area contributed by atoms with Crippen molar-refractivity contribution in [1.29, 1.82) is 0 Å². The predicted molar refractivity (Wildman–Crippen MR) is 265 cm³/mol. The number of unbranched alkanes of at least 4 members (excludes halogenated alkanes) is 3. The van der Waals surface area contributed by atoms with Gasteiger partial charge in [0.2, 0.25) is 11.6 Å². The molecule has 2 aliphatic heterocycles. The molecule has 4 aromatic carbocycles. The lowest BCUT2D eigenvalue weighted by molar-refractivity contribution is -0.438. The van der Waals surface area contributed by atoms with Crippen LogP contribution in [-0.2, 0) is 34.9 Å². The van der Waals surface area contributed by atoms with Crippen LogP contribution in [0.4, 0.5) is 11.4 Å². The van der Waals surface area contributed by atoms with Crippen molar-refractivity contribution < 1.29 is 51.0 Å². The van der Waals surface area contributed by atoms with E-state index in [0.717, 1.165) is 65.3 Å². The van der Waals surface area contributed by atoms with Crippen molar-refractivity contribution in [3.05, 3.63) is 132 Å². The van der Waals surface area contributed by atoms with Gasteiger partial charge in [0.25, 0.3) is 10.1 Å². The number of nitrogens with zero attached hydrogens (tertiary/aromatic N) is 2. The highest BCUT2D eigenvalue weighted by Gasteiger charge is 2.55. The molecule has 16 heteroatoms. The Labute approximate surface area is 388 Å². The molecule has 0 fully saturated rings. The minimum atomic E-state index is -5.11. The van der Waals surface area contributed by atoms with Crippen LogP contribution in [0.2, 0.25) is 0 Å². The average Bonchev–Trinajstić information content (AvgIpc) is 3.57. The minimum Gasteiger partial charge on any atom is -0.356 e. The van der Waals surface area contributed by atoms with Crippen LogP contribution in [0, 0.1) is 0 Å². The quantitative estimate of drug-likeness (QED) is 0.0152. The molecule has 0 spiro atoms. The summed E-state index contributed by atoms with van der Waals surface area (Å²) < 4.78 is 58.3. The Morgan fingerprint density at radius 2 is 1.32 bits per heavy atom. The molecule has 2 aliphatic rings. The summed E-state index contributed by atoms with van der Waals surface area (Å²) in [6, 6.07) is 25.6. The van der Waals surface area contributed by atoms with Crippen molar-refractivity contribution in [1.82, 2.24) is 5.32 Å². The molecule has 0 aliphatic carbocycles. The van der Waals surface area contributed by atoms with Gasteiger partial charge in [-0.15, -0.1) is 0 Å². The number of nitrogens with one attached hydrogen (secondary N) is 1. The van der Waals surface area contributed by atoms with Gasteiger partial charge in [-0.2, -0.15) is 13.0 Å². The second-order valence-electron chi connectivity index (χ2n) is 18.6. The molecule has 0 atom stereocenters. The molecule has 13 nitrogen and oxygen atoms in total. The van der Waals surface area contributed by atoms with E-state index in [1.807, 2.05) is 48.6 Å². The van der Waals surface area contributed by atoms with E-state index in [2.05, 4.69) is 109 Å². The summed E-state index contributed by atoms with van der Waals surface area (Å²) in [5.74, 6) is -0.498. The van der Waals surface area contributed by atoms with Crippen LogP contribution in [0.25, 0.3) is 21.5 Å². The summed E-state index contributed by atoms with van der Waals surface area (Å²) in [6.07, 6.45) is 17.4. The molecule has 0 saturated heterocycles. The molecule has 0 saturated carbocycles. The number of benzene rings is 4. The smallest absolute Gasteiger partial charge is 0.343 e. The first kappa shape index (κ1) is 50.9. The second kappa shape index (κ2) is 20.4. The van der Waals surface area contributed by atoms with Gasteiger partial charge >= 0.3 is 15.2 Å². The van der Waals surface area contributed by atoms with Crippen LogP contribution < -0.4 is 10.2 Å². The number of fused-ring (bicyclic) bond motifs is 4. The molecule has 6 N–H and O–H groups in total. The van der Waals surface area contributed by atoms with E-state index >= 15 is 0 Å².